The molecule has 0 saturated heterocycles. The van der Waals surface area contributed by atoms with Crippen LogP contribution >= 0.6 is 0 Å². The number of nitrogens with zero attached hydrogens (tertiary/aromatic N) is 2. The molecular formula is C13H14N2O2. The van der Waals surface area contributed by atoms with Gasteiger partial charge in [0.1, 0.15) is 5.65 Å². The maximum Gasteiger partial charge on any atom is 0.306 e. The van der Waals surface area contributed by atoms with Gasteiger partial charge in [0.25, 0.3) is 0 Å². The summed E-state index contributed by atoms with van der Waals surface area (Å²) < 4.78 is 2.15. The molecule has 0 spiro atoms. The van der Waals surface area contributed by atoms with Gasteiger partial charge in [-0.15, -0.1) is 0 Å². The second-order valence-corrected chi connectivity index (χ2v) is 4.64. The summed E-state index contributed by atoms with van der Waals surface area (Å²) in [5, 5.41) is 9.06. The highest BCUT2D eigenvalue weighted by molar-refractivity contribution is 5.71. The summed E-state index contributed by atoms with van der Waals surface area (Å²) in [7, 11) is 0. The minimum Gasteiger partial charge on any atom is -0.481 e. The van der Waals surface area contributed by atoms with Crippen molar-refractivity contribution in [2.24, 2.45) is 5.92 Å². The van der Waals surface area contributed by atoms with Gasteiger partial charge in [-0.2, -0.15) is 0 Å². The van der Waals surface area contributed by atoms with E-state index in [1.165, 1.54) is 5.69 Å². The molecule has 88 valence electrons. The van der Waals surface area contributed by atoms with Crippen molar-refractivity contribution in [1.29, 1.82) is 0 Å². The molecule has 2 heterocycles. The second-order valence-electron chi connectivity index (χ2n) is 4.64. The molecule has 1 aliphatic carbocycles. The molecule has 4 heteroatoms. The van der Waals surface area contributed by atoms with E-state index < -0.39 is 5.97 Å². The smallest absolute Gasteiger partial charge is 0.306 e. The first-order chi connectivity index (χ1) is 8.16. The molecule has 17 heavy (non-hydrogen) atoms. The number of aliphatic carboxylic acids is 1. The van der Waals surface area contributed by atoms with Gasteiger partial charge in [0.2, 0.25) is 0 Å². The van der Waals surface area contributed by atoms with Gasteiger partial charge >= 0.3 is 5.97 Å². The summed E-state index contributed by atoms with van der Waals surface area (Å²) in [6.45, 7) is 2.05. The molecule has 1 unspecified atom stereocenters. The highest BCUT2D eigenvalue weighted by Crippen LogP contribution is 2.27. The number of imidazole rings is 1. The molecule has 1 aliphatic rings. The average Bonchev–Trinajstić information content (AvgIpc) is 2.67. The number of hydrogen-bond acceptors (Lipinski definition) is 2. The first-order valence-corrected chi connectivity index (χ1v) is 5.85. The topological polar surface area (TPSA) is 54.6 Å². The van der Waals surface area contributed by atoms with Crippen molar-refractivity contribution in [3.8, 4) is 0 Å². The monoisotopic (exact) mass is 230 g/mol. The van der Waals surface area contributed by atoms with E-state index in [0.717, 1.165) is 23.5 Å². The Morgan fingerprint density at radius 1 is 1.53 bits per heavy atom. The fourth-order valence-electron chi connectivity index (χ4n) is 2.65. The van der Waals surface area contributed by atoms with Gasteiger partial charge in [-0.05, 0) is 31.9 Å². The number of fused-ring (bicyclic) bond motifs is 3. The third kappa shape index (κ3) is 1.52. The van der Waals surface area contributed by atoms with E-state index in [4.69, 9.17) is 5.11 Å². The van der Waals surface area contributed by atoms with Crippen LogP contribution in [0.4, 0.5) is 0 Å². The van der Waals surface area contributed by atoms with Crippen molar-refractivity contribution in [1.82, 2.24) is 9.38 Å². The highest BCUT2D eigenvalue weighted by atomic mass is 16.4. The van der Waals surface area contributed by atoms with E-state index in [-0.39, 0.29) is 5.92 Å². The van der Waals surface area contributed by atoms with E-state index in [1.807, 2.05) is 12.1 Å². The molecule has 2 aromatic rings. The zero-order valence-electron chi connectivity index (χ0n) is 9.68. The van der Waals surface area contributed by atoms with Crippen LogP contribution in [0.25, 0.3) is 5.65 Å². The van der Waals surface area contributed by atoms with E-state index in [1.54, 1.807) is 0 Å². The first-order valence-electron chi connectivity index (χ1n) is 5.85. The molecule has 0 amide bonds. The van der Waals surface area contributed by atoms with Gasteiger partial charge in [0.05, 0.1) is 11.6 Å². The number of carbonyl (C=O) groups is 1. The van der Waals surface area contributed by atoms with E-state index >= 15 is 0 Å². The van der Waals surface area contributed by atoms with Gasteiger partial charge in [-0.25, -0.2) is 4.98 Å². The van der Waals surface area contributed by atoms with Crippen LogP contribution in [0.1, 0.15) is 23.5 Å². The van der Waals surface area contributed by atoms with Gasteiger partial charge in [0.15, 0.2) is 0 Å². The van der Waals surface area contributed by atoms with Crippen LogP contribution in [0, 0.1) is 12.8 Å². The van der Waals surface area contributed by atoms with Crippen LogP contribution < -0.4 is 0 Å². The van der Waals surface area contributed by atoms with Crippen LogP contribution in [0.15, 0.2) is 18.2 Å². The summed E-state index contributed by atoms with van der Waals surface area (Å²) in [6, 6.07) is 6.01. The molecule has 0 fully saturated rings. The molecule has 0 aliphatic heterocycles. The van der Waals surface area contributed by atoms with Crippen molar-refractivity contribution in [3.05, 3.63) is 35.3 Å². The fourth-order valence-corrected chi connectivity index (χ4v) is 2.65. The SMILES string of the molecule is Cc1cccc2nc3c(n12)CCC(C(=O)O)C3. The van der Waals surface area contributed by atoms with Crippen molar-refractivity contribution < 1.29 is 9.90 Å². The zero-order chi connectivity index (χ0) is 12.0. The Labute approximate surface area is 98.9 Å². The van der Waals surface area contributed by atoms with Crippen LogP contribution in [-0.4, -0.2) is 20.5 Å². The Kier molecular flexibility index (Phi) is 2.18. The van der Waals surface area contributed by atoms with E-state index in [0.29, 0.717) is 12.8 Å². The third-order valence-electron chi connectivity index (χ3n) is 3.54. The normalized spacial score (nSPS) is 19.2. The number of pyridine rings is 1. The summed E-state index contributed by atoms with van der Waals surface area (Å²) in [4.78, 5) is 15.6. The predicted octanol–water partition coefficient (Wildman–Crippen LogP) is 1.83. The van der Waals surface area contributed by atoms with E-state index in [9.17, 15) is 4.79 Å². The number of aromatic nitrogens is 2. The molecule has 0 radical (unpaired) electrons. The number of carboxylic acids is 1. The lowest BCUT2D eigenvalue weighted by Gasteiger charge is -2.18. The van der Waals surface area contributed by atoms with Gasteiger partial charge in [0, 0.05) is 17.8 Å². The Morgan fingerprint density at radius 2 is 2.35 bits per heavy atom. The summed E-state index contributed by atoms with van der Waals surface area (Å²) in [5.74, 6) is -0.975. The molecule has 0 bridgehead atoms. The Hall–Kier alpha value is -1.84. The van der Waals surface area contributed by atoms with E-state index in [2.05, 4.69) is 22.4 Å². The maximum absolute atomic E-state index is 11.0. The number of rotatable bonds is 1. The minimum atomic E-state index is -0.704. The van der Waals surface area contributed by atoms with Crippen molar-refractivity contribution in [2.75, 3.05) is 0 Å². The lowest BCUT2D eigenvalue weighted by molar-refractivity contribution is -0.142. The minimum absolute atomic E-state index is 0.271. The molecule has 4 nitrogen and oxygen atoms in total. The highest BCUT2D eigenvalue weighted by Gasteiger charge is 2.27. The fraction of sp³-hybridized carbons (Fsp3) is 0.385. The maximum atomic E-state index is 11.0. The Bertz CT molecular complexity index is 601. The molecule has 0 aromatic carbocycles. The number of carboxylic acid groups (broad SMARTS) is 1. The van der Waals surface area contributed by atoms with Gasteiger partial charge in [-0.1, -0.05) is 6.07 Å². The second kappa shape index (κ2) is 3.58. The number of hydrogen-bond donors (Lipinski definition) is 1. The van der Waals surface area contributed by atoms with Crippen molar-refractivity contribution in [2.45, 2.75) is 26.2 Å². The Balaban J connectivity index is 2.14. The lowest BCUT2D eigenvalue weighted by atomic mass is 9.90. The summed E-state index contributed by atoms with van der Waals surface area (Å²) in [6.07, 6.45) is 2.08. The Morgan fingerprint density at radius 3 is 3.12 bits per heavy atom. The first kappa shape index (κ1) is 10.3. The molecular weight excluding hydrogens is 216 g/mol. The van der Waals surface area contributed by atoms with Crippen LogP contribution in [0.2, 0.25) is 0 Å². The quantitative estimate of drug-likeness (QED) is 0.813. The molecule has 0 saturated carbocycles. The molecule has 1 atom stereocenters. The molecule has 3 rings (SSSR count). The zero-order valence-corrected chi connectivity index (χ0v) is 9.68. The van der Waals surface area contributed by atoms with Crippen LogP contribution in [-0.2, 0) is 17.6 Å². The lowest BCUT2D eigenvalue weighted by Crippen LogP contribution is -2.22. The van der Waals surface area contributed by atoms with Crippen LogP contribution in [0.5, 0.6) is 0 Å². The van der Waals surface area contributed by atoms with Crippen molar-refractivity contribution in [3.63, 3.8) is 0 Å². The average molecular weight is 230 g/mol. The standard InChI is InChI=1S/C13H14N2O2/c1-8-3-2-4-12-14-10-7-9(13(16)17)5-6-11(10)15(8)12/h2-4,9H,5-7H2,1H3,(H,16,17). The summed E-state index contributed by atoms with van der Waals surface area (Å²) >= 11 is 0. The molecule has 1 N–H and O–H groups in total. The van der Waals surface area contributed by atoms with Gasteiger partial charge < -0.3 is 9.51 Å². The van der Waals surface area contributed by atoms with Crippen LogP contribution in [0.3, 0.4) is 0 Å². The number of aryl methyl sites for hydroxylation is 2. The van der Waals surface area contributed by atoms with Crippen molar-refractivity contribution >= 4 is 11.6 Å². The molecule has 2 aromatic heterocycles. The third-order valence-corrected chi connectivity index (χ3v) is 3.54. The largest absolute Gasteiger partial charge is 0.481 e. The summed E-state index contributed by atoms with van der Waals surface area (Å²) in [5.41, 5.74) is 4.24. The predicted molar refractivity (Wildman–Crippen MR) is 63.1 cm³/mol. The van der Waals surface area contributed by atoms with Gasteiger partial charge in [-0.3, -0.25) is 4.79 Å².